The van der Waals surface area contributed by atoms with Crippen molar-refractivity contribution in [3.05, 3.63) is 53.3 Å². The number of nitrogens with zero attached hydrogens (tertiary/aromatic N) is 6. The van der Waals surface area contributed by atoms with E-state index in [1.807, 2.05) is 23.1 Å². The van der Waals surface area contributed by atoms with Gasteiger partial charge in [-0.2, -0.15) is 15.0 Å². The van der Waals surface area contributed by atoms with E-state index in [1.165, 1.54) is 10.8 Å². The van der Waals surface area contributed by atoms with Crippen molar-refractivity contribution < 1.29 is 0 Å². The second-order valence-corrected chi connectivity index (χ2v) is 7.87. The number of hydrogen-bond acceptors (Lipinski definition) is 7. The molecular formula is C22H30ClN11. The Bertz CT molecular complexity index is 1110. The molecule has 0 aliphatic carbocycles. The van der Waals surface area contributed by atoms with Gasteiger partial charge >= 0.3 is 0 Å². The highest BCUT2D eigenvalue weighted by Crippen LogP contribution is 2.20. The highest BCUT2D eigenvalue weighted by atomic mass is 35.5. The van der Waals surface area contributed by atoms with Crippen LogP contribution in [0, 0.1) is 0 Å². The smallest absolute Gasteiger partial charge is 0.231 e. The Morgan fingerprint density at radius 1 is 0.853 bits per heavy atom. The third-order valence-corrected chi connectivity index (χ3v) is 5.13. The van der Waals surface area contributed by atoms with Gasteiger partial charge in [0.05, 0.1) is 0 Å². The molecule has 0 unspecified atom stereocenters. The first-order valence-electron chi connectivity index (χ1n) is 10.9. The number of rotatable bonds is 12. The predicted molar refractivity (Wildman–Crippen MR) is 139 cm³/mol. The summed E-state index contributed by atoms with van der Waals surface area (Å²) >= 11 is 6.24. The molecule has 34 heavy (non-hydrogen) atoms. The molecule has 1 heterocycles. The summed E-state index contributed by atoms with van der Waals surface area (Å²) in [6.07, 6.45) is 1.39. The molecule has 180 valence electrons. The van der Waals surface area contributed by atoms with Crippen molar-refractivity contribution >= 4 is 46.2 Å². The molecule has 0 bridgehead atoms. The molecule has 0 saturated heterocycles. The summed E-state index contributed by atoms with van der Waals surface area (Å²) in [6.45, 7) is 2.73. The van der Waals surface area contributed by atoms with E-state index in [-0.39, 0.29) is 17.2 Å². The van der Waals surface area contributed by atoms with Crippen molar-refractivity contribution in [3.8, 4) is 0 Å². The summed E-state index contributed by atoms with van der Waals surface area (Å²) in [5.41, 5.74) is 22.8. The molecule has 0 amide bonds. The maximum atomic E-state index is 6.24. The second-order valence-electron chi connectivity index (χ2n) is 7.53. The highest BCUT2D eigenvalue weighted by Gasteiger charge is 2.13. The van der Waals surface area contributed by atoms with Crippen LogP contribution >= 0.6 is 11.6 Å². The standard InChI is InChI=1S/C22H30ClN11/c23-18-31-21(30-14-16-8-3-7-15-6-1-2-9-17(15)16)33-22(32-18)34(12-4-10-28-19(24)25)13-5-11-29-20(26)27/h1-3,6-9H,4-5,10-14H2,(H4,24,25,28)(H4,26,27,29)(H,30,31,32,33). The summed E-state index contributed by atoms with van der Waals surface area (Å²) in [6, 6.07) is 14.4. The molecule has 3 aromatic rings. The Balaban J connectivity index is 1.74. The SMILES string of the molecule is NC(N)=NCCCN(CCCN=C(N)N)c1nc(Cl)nc(NCc2cccc3ccccc23)n1. The molecule has 2 aromatic carbocycles. The number of guanidine groups is 2. The highest BCUT2D eigenvalue weighted by molar-refractivity contribution is 6.28. The lowest BCUT2D eigenvalue weighted by Gasteiger charge is -2.22. The van der Waals surface area contributed by atoms with Gasteiger partial charge in [-0.15, -0.1) is 0 Å². The largest absolute Gasteiger partial charge is 0.370 e. The zero-order valence-corrected chi connectivity index (χ0v) is 19.6. The predicted octanol–water partition coefficient (Wildman–Crippen LogP) is 1.42. The maximum Gasteiger partial charge on any atom is 0.231 e. The normalized spacial score (nSPS) is 10.6. The first-order valence-corrected chi connectivity index (χ1v) is 11.3. The minimum absolute atomic E-state index is 0.0578. The number of nitrogens with one attached hydrogen (secondary N) is 1. The fourth-order valence-electron chi connectivity index (χ4n) is 3.43. The quantitative estimate of drug-likeness (QED) is 0.144. The number of fused-ring (bicyclic) bond motifs is 1. The summed E-state index contributed by atoms with van der Waals surface area (Å²) in [4.78, 5) is 23.2. The zero-order valence-electron chi connectivity index (χ0n) is 18.9. The van der Waals surface area contributed by atoms with Gasteiger partial charge in [-0.1, -0.05) is 42.5 Å². The van der Waals surface area contributed by atoms with Crippen LogP contribution in [-0.2, 0) is 6.54 Å². The molecule has 0 radical (unpaired) electrons. The number of halogens is 1. The molecule has 0 aliphatic heterocycles. The van der Waals surface area contributed by atoms with Gasteiger partial charge in [0.15, 0.2) is 11.9 Å². The van der Waals surface area contributed by atoms with Crippen molar-refractivity contribution in [1.29, 1.82) is 0 Å². The van der Waals surface area contributed by atoms with Crippen molar-refractivity contribution in [2.24, 2.45) is 32.9 Å². The van der Waals surface area contributed by atoms with E-state index in [0.29, 0.717) is 57.5 Å². The fourth-order valence-corrected chi connectivity index (χ4v) is 3.59. The minimum atomic E-state index is 0.0578. The van der Waals surface area contributed by atoms with E-state index < -0.39 is 0 Å². The topological polar surface area (TPSA) is 183 Å². The number of anilines is 2. The molecule has 0 fully saturated rings. The molecule has 0 saturated carbocycles. The Labute approximate surface area is 203 Å². The first kappa shape index (κ1) is 24.8. The van der Waals surface area contributed by atoms with Crippen LogP contribution in [0.15, 0.2) is 52.4 Å². The van der Waals surface area contributed by atoms with E-state index in [0.717, 1.165) is 5.56 Å². The van der Waals surface area contributed by atoms with Crippen LogP contribution < -0.4 is 33.2 Å². The van der Waals surface area contributed by atoms with Crippen molar-refractivity contribution in [2.45, 2.75) is 19.4 Å². The molecular weight excluding hydrogens is 454 g/mol. The number of aliphatic imine (C=N–C) groups is 2. The number of benzene rings is 2. The zero-order chi connectivity index (χ0) is 24.3. The van der Waals surface area contributed by atoms with Crippen LogP contribution in [0.3, 0.4) is 0 Å². The van der Waals surface area contributed by atoms with Crippen molar-refractivity contribution in [1.82, 2.24) is 15.0 Å². The van der Waals surface area contributed by atoms with E-state index >= 15 is 0 Å². The monoisotopic (exact) mass is 483 g/mol. The van der Waals surface area contributed by atoms with E-state index in [2.05, 4.69) is 54.5 Å². The van der Waals surface area contributed by atoms with Gasteiger partial charge < -0.3 is 33.2 Å². The number of nitrogens with two attached hydrogens (primary N) is 4. The van der Waals surface area contributed by atoms with Gasteiger partial charge in [0.1, 0.15) is 0 Å². The summed E-state index contributed by atoms with van der Waals surface area (Å²) in [5.74, 6) is 0.959. The summed E-state index contributed by atoms with van der Waals surface area (Å²) in [5, 5.41) is 5.71. The van der Waals surface area contributed by atoms with Gasteiger partial charge in [-0.05, 0) is 40.8 Å². The van der Waals surface area contributed by atoms with Crippen LogP contribution in [-0.4, -0.2) is 53.1 Å². The fraction of sp³-hybridized carbons (Fsp3) is 0.318. The van der Waals surface area contributed by atoms with E-state index in [9.17, 15) is 0 Å². The van der Waals surface area contributed by atoms with Gasteiger partial charge in [0.2, 0.25) is 17.2 Å². The van der Waals surface area contributed by atoms with Gasteiger partial charge in [0.25, 0.3) is 0 Å². The molecule has 1 aromatic heterocycles. The van der Waals surface area contributed by atoms with Crippen molar-refractivity contribution in [3.63, 3.8) is 0 Å². The molecule has 3 rings (SSSR count). The Morgan fingerprint density at radius 2 is 1.50 bits per heavy atom. The van der Waals surface area contributed by atoms with E-state index in [1.54, 1.807) is 0 Å². The summed E-state index contributed by atoms with van der Waals surface area (Å²) in [7, 11) is 0. The Kier molecular flexibility index (Phi) is 9.04. The Morgan fingerprint density at radius 3 is 2.18 bits per heavy atom. The molecule has 11 nitrogen and oxygen atoms in total. The third kappa shape index (κ3) is 7.62. The Hall–Kier alpha value is -3.86. The minimum Gasteiger partial charge on any atom is -0.370 e. The average molecular weight is 484 g/mol. The van der Waals surface area contributed by atoms with E-state index in [4.69, 9.17) is 34.5 Å². The van der Waals surface area contributed by atoms with Crippen LogP contribution in [0.25, 0.3) is 10.8 Å². The summed E-state index contributed by atoms with van der Waals surface area (Å²) < 4.78 is 0. The first-order chi connectivity index (χ1) is 16.4. The lowest BCUT2D eigenvalue weighted by Crippen LogP contribution is -2.30. The molecule has 9 N–H and O–H groups in total. The van der Waals surface area contributed by atoms with Gasteiger partial charge in [-0.3, -0.25) is 9.98 Å². The molecule has 0 spiro atoms. The van der Waals surface area contributed by atoms with Crippen LogP contribution in [0.1, 0.15) is 18.4 Å². The average Bonchev–Trinajstić information content (AvgIpc) is 2.81. The van der Waals surface area contributed by atoms with Crippen LogP contribution in [0.2, 0.25) is 5.28 Å². The lowest BCUT2D eigenvalue weighted by atomic mass is 10.0. The molecule has 12 heteroatoms. The van der Waals surface area contributed by atoms with Crippen LogP contribution in [0.4, 0.5) is 11.9 Å². The molecule has 0 aliphatic rings. The van der Waals surface area contributed by atoms with Gasteiger partial charge in [0, 0.05) is 32.7 Å². The maximum absolute atomic E-state index is 6.24. The second kappa shape index (κ2) is 12.4. The molecule has 0 atom stereocenters. The number of aromatic nitrogens is 3. The van der Waals surface area contributed by atoms with Gasteiger partial charge in [-0.25, -0.2) is 0 Å². The third-order valence-electron chi connectivity index (χ3n) is 4.96. The lowest BCUT2D eigenvalue weighted by molar-refractivity contribution is 0.683. The van der Waals surface area contributed by atoms with Crippen molar-refractivity contribution in [2.75, 3.05) is 36.4 Å². The van der Waals surface area contributed by atoms with Crippen LogP contribution in [0.5, 0.6) is 0 Å². The number of hydrogen-bond donors (Lipinski definition) is 5.